The fourth-order valence-corrected chi connectivity index (χ4v) is 1.54. The van der Waals surface area contributed by atoms with Gasteiger partial charge in [0.05, 0.1) is 13.2 Å². The molecular weight excluding hydrogens is 211 g/mol. The van der Waals surface area contributed by atoms with Gasteiger partial charge < -0.3 is 0 Å². The fourth-order valence-electron chi connectivity index (χ4n) is 1.54. The van der Waals surface area contributed by atoms with E-state index in [1.165, 1.54) is 22.1 Å². The summed E-state index contributed by atoms with van der Waals surface area (Å²) in [6.45, 7) is 1.17. The topological polar surface area (TPSA) is 32.8 Å². The van der Waals surface area contributed by atoms with E-state index in [4.69, 9.17) is 4.84 Å². The number of hydrogen-bond acceptors (Lipinski definition) is 2. The molecule has 0 spiro atoms. The van der Waals surface area contributed by atoms with Gasteiger partial charge in [0.15, 0.2) is 0 Å². The summed E-state index contributed by atoms with van der Waals surface area (Å²) < 4.78 is 12.7. The molecule has 16 heavy (non-hydrogen) atoms. The molecule has 5 heteroatoms. The minimum absolute atomic E-state index is 0.232. The van der Waals surface area contributed by atoms with Gasteiger partial charge in [0, 0.05) is 12.7 Å². The third-order valence-electron chi connectivity index (χ3n) is 2.47. The minimum atomic E-state index is -0.318. The molecule has 4 nitrogen and oxygen atoms in total. The number of urea groups is 1. The second-order valence-electron chi connectivity index (χ2n) is 3.61. The van der Waals surface area contributed by atoms with Crippen molar-refractivity contribution in [3.8, 4) is 0 Å². The largest absolute Gasteiger partial charge is 0.348 e. The van der Waals surface area contributed by atoms with E-state index in [0.717, 1.165) is 6.42 Å². The molecule has 1 fully saturated rings. The van der Waals surface area contributed by atoms with Crippen LogP contribution < -0.4 is 4.90 Å². The molecule has 0 bridgehead atoms. The Morgan fingerprint density at radius 2 is 2.12 bits per heavy atom. The van der Waals surface area contributed by atoms with Crippen LogP contribution in [0.4, 0.5) is 14.9 Å². The van der Waals surface area contributed by atoms with E-state index in [2.05, 4.69) is 0 Å². The number of rotatable bonds is 1. The van der Waals surface area contributed by atoms with Crippen LogP contribution in [-0.2, 0) is 4.84 Å². The lowest BCUT2D eigenvalue weighted by Crippen LogP contribution is -2.38. The predicted octanol–water partition coefficient (Wildman–Crippen LogP) is 2.02. The van der Waals surface area contributed by atoms with E-state index >= 15 is 0 Å². The summed E-state index contributed by atoms with van der Waals surface area (Å²) in [6.07, 6.45) is 0.850. The first-order valence-corrected chi connectivity index (χ1v) is 5.12. The van der Waals surface area contributed by atoms with Crippen molar-refractivity contribution in [2.75, 3.05) is 25.1 Å². The van der Waals surface area contributed by atoms with Crippen LogP contribution in [0.1, 0.15) is 6.42 Å². The smallest absolute Gasteiger partial charge is 0.296 e. The van der Waals surface area contributed by atoms with Crippen molar-refractivity contribution in [2.45, 2.75) is 6.42 Å². The molecule has 0 aliphatic carbocycles. The van der Waals surface area contributed by atoms with Gasteiger partial charge >= 0.3 is 6.03 Å². The molecule has 2 amide bonds. The summed E-state index contributed by atoms with van der Waals surface area (Å²) in [6, 6.07) is 5.53. The van der Waals surface area contributed by atoms with Crippen molar-refractivity contribution in [1.29, 1.82) is 0 Å². The Balaban J connectivity index is 2.08. The zero-order chi connectivity index (χ0) is 11.5. The molecule has 1 saturated heterocycles. The molecule has 0 aromatic heterocycles. The highest BCUT2D eigenvalue weighted by Gasteiger charge is 2.23. The maximum Gasteiger partial charge on any atom is 0.348 e. The zero-order valence-electron chi connectivity index (χ0n) is 9.02. The molecule has 86 valence electrons. The van der Waals surface area contributed by atoms with Crippen LogP contribution in [0.2, 0.25) is 0 Å². The quantitative estimate of drug-likeness (QED) is 0.731. The molecule has 2 rings (SSSR count). The lowest BCUT2D eigenvalue weighted by Gasteiger charge is -2.22. The number of carbonyl (C=O) groups excluding carboxylic acids is 1. The number of anilines is 1. The number of halogens is 1. The predicted molar refractivity (Wildman–Crippen MR) is 57.5 cm³/mol. The second kappa shape index (κ2) is 4.49. The Morgan fingerprint density at radius 3 is 2.69 bits per heavy atom. The van der Waals surface area contributed by atoms with Crippen LogP contribution in [0.3, 0.4) is 0 Å². The average Bonchev–Trinajstić information content (AvgIpc) is 2.81. The van der Waals surface area contributed by atoms with E-state index in [0.29, 0.717) is 18.8 Å². The molecule has 0 saturated carbocycles. The summed E-state index contributed by atoms with van der Waals surface area (Å²) in [5.74, 6) is -0.318. The van der Waals surface area contributed by atoms with Crippen molar-refractivity contribution < 1.29 is 14.0 Å². The van der Waals surface area contributed by atoms with Gasteiger partial charge in [0.2, 0.25) is 0 Å². The van der Waals surface area contributed by atoms with Crippen molar-refractivity contribution >= 4 is 11.7 Å². The molecule has 0 atom stereocenters. The van der Waals surface area contributed by atoms with Gasteiger partial charge in [-0.3, -0.25) is 9.74 Å². The Morgan fingerprint density at radius 1 is 1.44 bits per heavy atom. The van der Waals surface area contributed by atoms with E-state index in [-0.39, 0.29) is 11.8 Å². The summed E-state index contributed by atoms with van der Waals surface area (Å²) in [5.41, 5.74) is 0.641. The SMILES string of the molecule is CN(C(=O)N1CCCO1)c1ccc(F)cc1. The summed E-state index contributed by atoms with van der Waals surface area (Å²) >= 11 is 0. The van der Waals surface area contributed by atoms with Crippen LogP contribution in [0.25, 0.3) is 0 Å². The lowest BCUT2D eigenvalue weighted by molar-refractivity contribution is -0.0634. The van der Waals surface area contributed by atoms with Gasteiger partial charge in [-0.05, 0) is 30.7 Å². The highest BCUT2D eigenvalue weighted by Crippen LogP contribution is 2.16. The van der Waals surface area contributed by atoms with Crippen molar-refractivity contribution in [3.05, 3.63) is 30.1 Å². The first kappa shape index (κ1) is 10.9. The number of carbonyl (C=O) groups is 1. The van der Waals surface area contributed by atoms with Crippen LogP contribution in [0.15, 0.2) is 24.3 Å². The zero-order valence-corrected chi connectivity index (χ0v) is 9.02. The summed E-state index contributed by atoms with van der Waals surface area (Å²) in [4.78, 5) is 18.4. The Kier molecular flexibility index (Phi) is 3.05. The third kappa shape index (κ3) is 2.14. The highest BCUT2D eigenvalue weighted by molar-refractivity contribution is 5.90. The van der Waals surface area contributed by atoms with E-state index in [1.807, 2.05) is 0 Å². The third-order valence-corrected chi connectivity index (χ3v) is 2.47. The fraction of sp³-hybridized carbons (Fsp3) is 0.364. The molecular formula is C11H13FN2O2. The molecule has 0 unspecified atom stereocenters. The number of nitrogens with zero attached hydrogens (tertiary/aromatic N) is 2. The summed E-state index contributed by atoms with van der Waals surface area (Å²) in [7, 11) is 1.64. The van der Waals surface area contributed by atoms with Crippen LogP contribution in [-0.4, -0.2) is 31.3 Å². The van der Waals surface area contributed by atoms with Crippen LogP contribution >= 0.6 is 0 Å². The van der Waals surface area contributed by atoms with E-state index in [9.17, 15) is 9.18 Å². The number of amides is 2. The van der Waals surface area contributed by atoms with Gasteiger partial charge in [0.1, 0.15) is 5.82 Å². The van der Waals surface area contributed by atoms with Crippen molar-refractivity contribution in [2.24, 2.45) is 0 Å². The van der Waals surface area contributed by atoms with Crippen LogP contribution in [0, 0.1) is 5.82 Å². The normalized spacial score (nSPS) is 15.2. The number of hydrogen-bond donors (Lipinski definition) is 0. The molecule has 1 aliphatic heterocycles. The Hall–Kier alpha value is -1.62. The number of benzene rings is 1. The van der Waals surface area contributed by atoms with Crippen molar-refractivity contribution in [3.63, 3.8) is 0 Å². The maximum atomic E-state index is 12.7. The maximum absolute atomic E-state index is 12.7. The van der Waals surface area contributed by atoms with Crippen molar-refractivity contribution in [1.82, 2.24) is 5.06 Å². The molecule has 1 heterocycles. The standard InChI is InChI=1S/C11H13FN2O2/c1-13(10-5-3-9(12)4-6-10)11(15)14-7-2-8-16-14/h3-6H,2,7-8H2,1H3. The molecule has 1 aliphatic rings. The van der Waals surface area contributed by atoms with E-state index < -0.39 is 0 Å². The monoisotopic (exact) mass is 224 g/mol. The number of hydroxylamine groups is 2. The van der Waals surface area contributed by atoms with Crippen LogP contribution in [0.5, 0.6) is 0 Å². The Labute approximate surface area is 93.2 Å². The Bertz CT molecular complexity index is 374. The molecule has 1 aromatic carbocycles. The van der Waals surface area contributed by atoms with Gasteiger partial charge in [-0.15, -0.1) is 0 Å². The first-order chi connectivity index (χ1) is 7.68. The lowest BCUT2D eigenvalue weighted by atomic mass is 10.3. The first-order valence-electron chi connectivity index (χ1n) is 5.12. The average molecular weight is 224 g/mol. The van der Waals surface area contributed by atoms with Gasteiger partial charge in [0.25, 0.3) is 0 Å². The molecule has 0 radical (unpaired) electrons. The minimum Gasteiger partial charge on any atom is -0.296 e. The van der Waals surface area contributed by atoms with Gasteiger partial charge in [-0.25, -0.2) is 14.2 Å². The van der Waals surface area contributed by atoms with Gasteiger partial charge in [-0.2, -0.15) is 0 Å². The molecule has 1 aromatic rings. The molecule has 0 N–H and O–H groups in total. The second-order valence-corrected chi connectivity index (χ2v) is 3.61. The summed E-state index contributed by atoms with van der Waals surface area (Å²) in [5, 5.41) is 1.32. The van der Waals surface area contributed by atoms with E-state index in [1.54, 1.807) is 19.2 Å². The van der Waals surface area contributed by atoms with Gasteiger partial charge in [-0.1, -0.05) is 0 Å². The highest BCUT2D eigenvalue weighted by atomic mass is 19.1.